The van der Waals surface area contributed by atoms with Crippen LogP contribution in [0.3, 0.4) is 0 Å². The summed E-state index contributed by atoms with van der Waals surface area (Å²) >= 11 is 0. The third kappa shape index (κ3) is 7.47. The molecule has 0 radical (unpaired) electrons. The summed E-state index contributed by atoms with van der Waals surface area (Å²) in [7, 11) is 0. The molecular weight excluding hydrogens is 430 g/mol. The van der Waals surface area contributed by atoms with E-state index < -0.39 is 11.1 Å². The maximum absolute atomic E-state index is 12.2. The van der Waals surface area contributed by atoms with Crippen LogP contribution in [0.4, 0.5) is 4.79 Å². The van der Waals surface area contributed by atoms with Gasteiger partial charge in [-0.3, -0.25) is 4.98 Å². The van der Waals surface area contributed by atoms with Crippen LogP contribution in [-0.2, 0) is 4.74 Å². The lowest BCUT2D eigenvalue weighted by Crippen LogP contribution is -2.42. The average molecular weight is 468 g/mol. The largest absolute Gasteiger partial charge is 0.623 e. The minimum Gasteiger partial charge on any atom is -0.623 e. The Morgan fingerprint density at radius 2 is 1.74 bits per heavy atom. The van der Waals surface area contributed by atoms with E-state index in [1.165, 1.54) is 0 Å². The smallest absolute Gasteiger partial charge is 0.410 e. The van der Waals surface area contributed by atoms with E-state index in [9.17, 15) is 10.0 Å². The molecule has 0 bridgehead atoms. The highest BCUT2D eigenvalue weighted by Crippen LogP contribution is 2.23. The first kappa shape index (κ1) is 25.5. The number of amides is 1. The van der Waals surface area contributed by atoms with Crippen molar-refractivity contribution in [2.45, 2.75) is 65.5 Å². The number of carbonyl (C=O) groups is 1. The predicted octanol–water partition coefficient (Wildman–Crippen LogP) is 5.50. The van der Waals surface area contributed by atoms with Crippen LogP contribution in [0.2, 0.25) is 0 Å². The number of ether oxygens (including phenoxy) is 2. The first-order valence-corrected chi connectivity index (χ1v) is 11.9. The topological polar surface area (TPSA) is 77.7 Å². The van der Waals surface area contributed by atoms with Crippen LogP contribution in [0, 0.1) is 11.1 Å². The zero-order valence-electron chi connectivity index (χ0n) is 21.2. The number of pyridine rings is 1. The minimum absolute atomic E-state index is 0.239. The summed E-state index contributed by atoms with van der Waals surface area (Å²) in [5.41, 5.74) is 1.74. The summed E-state index contributed by atoms with van der Waals surface area (Å²) in [6.45, 7) is 13.3. The van der Waals surface area contributed by atoms with Crippen molar-refractivity contribution >= 4 is 12.3 Å². The number of nitrogens with zero attached hydrogens (tertiary/aromatic N) is 3. The van der Waals surface area contributed by atoms with Crippen LogP contribution in [-0.4, -0.2) is 57.8 Å². The second kappa shape index (κ2) is 10.5. The van der Waals surface area contributed by atoms with E-state index >= 15 is 0 Å². The number of rotatable bonds is 5. The molecule has 1 fully saturated rings. The van der Waals surface area contributed by atoms with Gasteiger partial charge in [-0.15, -0.1) is 0 Å². The van der Waals surface area contributed by atoms with Crippen LogP contribution in [0.5, 0.6) is 5.75 Å². The van der Waals surface area contributed by atoms with Gasteiger partial charge >= 0.3 is 6.09 Å². The van der Waals surface area contributed by atoms with Crippen LogP contribution >= 0.6 is 0 Å². The molecule has 2 aromatic rings. The Balaban J connectivity index is 1.49. The molecule has 0 atom stereocenters. The Bertz CT molecular complexity index is 979. The van der Waals surface area contributed by atoms with Crippen molar-refractivity contribution in [3.05, 3.63) is 53.4 Å². The van der Waals surface area contributed by atoms with Gasteiger partial charge in [0.05, 0.1) is 18.5 Å². The molecule has 3 rings (SSSR count). The van der Waals surface area contributed by atoms with Gasteiger partial charge in [0.1, 0.15) is 11.4 Å². The number of aromatic nitrogens is 1. The van der Waals surface area contributed by atoms with E-state index in [1.807, 2.05) is 77.9 Å². The summed E-state index contributed by atoms with van der Waals surface area (Å²) in [6.07, 6.45) is 4.89. The lowest BCUT2D eigenvalue weighted by molar-refractivity contribution is -0.530. The second-order valence-corrected chi connectivity index (χ2v) is 10.8. The number of hydroxylamine groups is 1. The molecule has 1 aromatic carbocycles. The quantitative estimate of drug-likeness (QED) is 0.251. The van der Waals surface area contributed by atoms with Crippen LogP contribution in [0.25, 0.3) is 11.3 Å². The third-order valence-corrected chi connectivity index (χ3v) is 5.62. The monoisotopic (exact) mass is 467 g/mol. The van der Waals surface area contributed by atoms with E-state index in [0.717, 1.165) is 40.2 Å². The van der Waals surface area contributed by atoms with Gasteiger partial charge in [-0.1, -0.05) is 12.1 Å². The minimum atomic E-state index is -0.471. The van der Waals surface area contributed by atoms with Gasteiger partial charge in [-0.05, 0) is 63.8 Å². The molecule has 7 heteroatoms. The molecule has 1 aliphatic rings. The average Bonchev–Trinajstić information content (AvgIpc) is 2.77. The van der Waals surface area contributed by atoms with E-state index in [0.29, 0.717) is 25.6 Å². The van der Waals surface area contributed by atoms with Crippen LogP contribution in [0.1, 0.15) is 59.9 Å². The van der Waals surface area contributed by atoms with Gasteiger partial charge in [0.2, 0.25) is 0 Å². The summed E-state index contributed by atoms with van der Waals surface area (Å²) in [6, 6.07) is 11.6. The molecule has 2 heterocycles. The van der Waals surface area contributed by atoms with Crippen LogP contribution in [0.15, 0.2) is 42.6 Å². The third-order valence-electron chi connectivity index (χ3n) is 5.62. The fourth-order valence-electron chi connectivity index (χ4n) is 3.53. The molecular formula is C27H37N3O4. The number of benzene rings is 1. The SMILES string of the molecule is CC(C)(C)OC(=O)N1CCC(COc2ccc(-c3ccc(/C=[N+](\[O-])C(C)(C)C)cc3)nc2)CC1. The van der Waals surface area contributed by atoms with E-state index in [2.05, 4.69) is 4.98 Å². The number of piperidine rings is 1. The maximum Gasteiger partial charge on any atom is 0.410 e. The molecule has 0 N–H and O–H groups in total. The molecule has 0 saturated carbocycles. The number of hydrogen-bond donors (Lipinski definition) is 0. The number of hydrogen-bond acceptors (Lipinski definition) is 5. The van der Waals surface area contributed by atoms with Gasteiger partial charge in [-0.25, -0.2) is 9.53 Å². The molecule has 1 saturated heterocycles. The fraction of sp³-hybridized carbons (Fsp3) is 0.519. The Hall–Kier alpha value is -3.09. The molecule has 7 nitrogen and oxygen atoms in total. The van der Waals surface area contributed by atoms with Gasteiger partial charge in [0, 0.05) is 45.0 Å². The summed E-state index contributed by atoms with van der Waals surface area (Å²) in [5.74, 6) is 1.13. The van der Waals surface area contributed by atoms with Crippen molar-refractivity contribution in [3.8, 4) is 17.0 Å². The van der Waals surface area contributed by atoms with Crippen molar-refractivity contribution in [3.63, 3.8) is 0 Å². The molecule has 1 aliphatic heterocycles. The van der Waals surface area contributed by atoms with Crippen molar-refractivity contribution < 1.29 is 19.0 Å². The van der Waals surface area contributed by atoms with Gasteiger partial charge < -0.3 is 19.6 Å². The van der Waals surface area contributed by atoms with Crippen LogP contribution < -0.4 is 4.74 Å². The molecule has 0 aliphatic carbocycles. The maximum atomic E-state index is 12.2. The summed E-state index contributed by atoms with van der Waals surface area (Å²) in [5, 5.41) is 12.1. The molecule has 34 heavy (non-hydrogen) atoms. The van der Waals surface area contributed by atoms with Gasteiger partial charge in [0.15, 0.2) is 11.8 Å². The first-order chi connectivity index (χ1) is 15.9. The van der Waals surface area contributed by atoms with E-state index in [1.54, 1.807) is 17.3 Å². The molecule has 0 unspecified atom stereocenters. The predicted molar refractivity (Wildman–Crippen MR) is 134 cm³/mol. The lowest BCUT2D eigenvalue weighted by atomic mass is 9.98. The molecule has 1 aromatic heterocycles. The molecule has 0 spiro atoms. The second-order valence-electron chi connectivity index (χ2n) is 10.8. The standard InChI is InChI=1S/C27H37N3O4/c1-26(2,3)30(32)18-20-7-9-22(10-8-20)24-12-11-23(17-28-24)33-19-21-13-15-29(16-14-21)25(31)34-27(4,5)6/h7-12,17-18,21H,13-16,19H2,1-6H3/b30-18-. The lowest BCUT2D eigenvalue weighted by Gasteiger charge is -2.33. The number of carbonyl (C=O) groups excluding carboxylic acids is 1. The summed E-state index contributed by atoms with van der Waals surface area (Å²) in [4.78, 5) is 18.5. The van der Waals surface area contributed by atoms with E-state index in [-0.39, 0.29) is 6.09 Å². The van der Waals surface area contributed by atoms with Gasteiger partial charge in [0.25, 0.3) is 0 Å². The van der Waals surface area contributed by atoms with Crippen molar-refractivity contribution in [2.24, 2.45) is 5.92 Å². The molecule has 184 valence electrons. The fourth-order valence-corrected chi connectivity index (χ4v) is 3.53. The highest BCUT2D eigenvalue weighted by atomic mass is 16.6. The van der Waals surface area contributed by atoms with Crippen molar-refractivity contribution in [1.29, 1.82) is 0 Å². The van der Waals surface area contributed by atoms with E-state index in [4.69, 9.17) is 9.47 Å². The highest BCUT2D eigenvalue weighted by molar-refractivity contribution is 5.77. The summed E-state index contributed by atoms with van der Waals surface area (Å²) < 4.78 is 12.4. The number of likely N-dealkylation sites (tertiary alicyclic amines) is 1. The normalized spacial score (nSPS) is 15.8. The zero-order chi connectivity index (χ0) is 24.9. The Labute approximate surface area is 203 Å². The Kier molecular flexibility index (Phi) is 7.85. The van der Waals surface area contributed by atoms with Crippen molar-refractivity contribution in [1.82, 2.24) is 9.88 Å². The Morgan fingerprint density at radius 3 is 2.26 bits per heavy atom. The Morgan fingerprint density at radius 1 is 1.09 bits per heavy atom. The van der Waals surface area contributed by atoms with Gasteiger partial charge in [-0.2, -0.15) is 0 Å². The molecule has 1 amide bonds. The first-order valence-electron chi connectivity index (χ1n) is 11.9. The highest BCUT2D eigenvalue weighted by Gasteiger charge is 2.27. The van der Waals surface area contributed by atoms with Crippen molar-refractivity contribution in [2.75, 3.05) is 19.7 Å². The zero-order valence-corrected chi connectivity index (χ0v) is 21.2.